The minimum absolute atomic E-state index is 0.106. The number of carbonyl (C=O) groups excluding carboxylic acids is 3. The van der Waals surface area contributed by atoms with Crippen LogP contribution in [-0.4, -0.2) is 69.0 Å². The summed E-state index contributed by atoms with van der Waals surface area (Å²) in [5.74, 6) is -6.51. The quantitative estimate of drug-likeness (QED) is 0.383. The largest absolute Gasteiger partial charge is 0.449 e. The first-order valence-corrected chi connectivity index (χ1v) is 12.7. The van der Waals surface area contributed by atoms with Crippen LogP contribution in [0.15, 0.2) is 12.1 Å². The number of carbonyl (C=O) groups is 3. The van der Waals surface area contributed by atoms with Gasteiger partial charge in [-0.3, -0.25) is 9.59 Å². The maximum absolute atomic E-state index is 14.4. The SMILES string of the molecule is CCN(C)C(=O)c1nc(C(F)(F)F)n2c1CN(C(=O)C[C@@H](Cc1cc(F)c(F)cc1F)NC(=O)OC(C)(C)C)CC2. The van der Waals surface area contributed by atoms with Gasteiger partial charge in [0.05, 0.1) is 12.2 Å². The molecule has 1 N–H and O–H groups in total. The third-order valence-electron chi connectivity index (χ3n) is 6.33. The fourth-order valence-electron chi connectivity index (χ4n) is 4.27. The van der Waals surface area contributed by atoms with Gasteiger partial charge in [0.2, 0.25) is 11.7 Å². The summed E-state index contributed by atoms with van der Waals surface area (Å²) in [6.45, 7) is 5.71. The van der Waals surface area contributed by atoms with Crippen LogP contribution in [-0.2, 0) is 35.2 Å². The molecule has 41 heavy (non-hydrogen) atoms. The summed E-state index contributed by atoms with van der Waals surface area (Å²) in [7, 11) is 1.40. The Balaban J connectivity index is 1.88. The van der Waals surface area contributed by atoms with Crippen LogP contribution in [0.25, 0.3) is 0 Å². The van der Waals surface area contributed by atoms with Crippen molar-refractivity contribution in [1.82, 2.24) is 24.7 Å². The Morgan fingerprint density at radius 2 is 1.71 bits per heavy atom. The number of fused-ring (bicyclic) bond motifs is 1. The lowest BCUT2D eigenvalue weighted by Gasteiger charge is -2.31. The van der Waals surface area contributed by atoms with Gasteiger partial charge in [-0.2, -0.15) is 13.2 Å². The fourth-order valence-corrected chi connectivity index (χ4v) is 4.27. The number of hydrogen-bond acceptors (Lipinski definition) is 5. The van der Waals surface area contributed by atoms with E-state index in [0.717, 1.165) is 4.57 Å². The maximum Gasteiger partial charge on any atom is 0.449 e. The number of nitrogens with zero attached hydrogens (tertiary/aromatic N) is 4. The second kappa shape index (κ2) is 12.0. The molecule has 0 spiro atoms. The lowest BCUT2D eigenvalue weighted by Crippen LogP contribution is -2.46. The molecule has 0 unspecified atom stereocenters. The number of benzene rings is 1. The number of hydrogen-bond donors (Lipinski definition) is 1. The molecule has 2 aromatic rings. The van der Waals surface area contributed by atoms with Crippen LogP contribution in [0.4, 0.5) is 31.1 Å². The molecule has 15 heteroatoms. The Morgan fingerprint density at radius 3 is 2.29 bits per heavy atom. The molecule has 0 saturated heterocycles. The van der Waals surface area contributed by atoms with Crippen molar-refractivity contribution in [1.29, 1.82) is 0 Å². The molecule has 0 fully saturated rings. The third kappa shape index (κ3) is 7.70. The Kier molecular flexibility index (Phi) is 9.28. The number of halogens is 6. The van der Waals surface area contributed by atoms with Crippen molar-refractivity contribution in [3.63, 3.8) is 0 Å². The Bertz CT molecular complexity index is 1320. The minimum Gasteiger partial charge on any atom is -0.444 e. The highest BCUT2D eigenvalue weighted by Crippen LogP contribution is 2.33. The first-order valence-electron chi connectivity index (χ1n) is 12.7. The summed E-state index contributed by atoms with van der Waals surface area (Å²) < 4.78 is 88.7. The lowest BCUT2D eigenvalue weighted by molar-refractivity contribution is -0.148. The summed E-state index contributed by atoms with van der Waals surface area (Å²) in [5.41, 5.74) is -1.79. The highest BCUT2D eigenvalue weighted by atomic mass is 19.4. The molecule has 1 aliphatic heterocycles. The molecule has 0 radical (unpaired) electrons. The third-order valence-corrected chi connectivity index (χ3v) is 6.33. The van der Waals surface area contributed by atoms with E-state index in [2.05, 4.69) is 10.3 Å². The van der Waals surface area contributed by atoms with Gasteiger partial charge in [-0.25, -0.2) is 22.9 Å². The van der Waals surface area contributed by atoms with E-state index in [4.69, 9.17) is 4.74 Å². The number of aromatic nitrogens is 2. The second-order valence-electron chi connectivity index (χ2n) is 10.6. The summed E-state index contributed by atoms with van der Waals surface area (Å²) in [5, 5.41) is 2.43. The van der Waals surface area contributed by atoms with E-state index in [1.165, 1.54) is 16.8 Å². The molecular weight excluding hydrogens is 560 g/mol. The van der Waals surface area contributed by atoms with Crippen LogP contribution in [0, 0.1) is 17.5 Å². The molecule has 226 valence electrons. The lowest BCUT2D eigenvalue weighted by atomic mass is 10.0. The number of ether oxygens (including phenoxy) is 1. The summed E-state index contributed by atoms with van der Waals surface area (Å²) in [4.78, 5) is 44.5. The van der Waals surface area contributed by atoms with E-state index in [-0.39, 0.29) is 37.4 Å². The molecular formula is C26H31F6N5O4. The molecule has 1 aliphatic rings. The van der Waals surface area contributed by atoms with Gasteiger partial charge in [0.1, 0.15) is 11.4 Å². The molecule has 0 bridgehead atoms. The molecule has 0 aliphatic carbocycles. The van der Waals surface area contributed by atoms with Crippen molar-refractivity contribution in [2.45, 2.75) is 71.4 Å². The standard InChI is InChI=1S/C26H31F6N5O4/c1-6-35(5)22(39)21-19-13-36(7-8-37(19)23(34-21)26(30,31)32)20(38)11-15(33-24(40)41-25(2,3)4)9-14-10-17(28)18(29)12-16(14)27/h10,12,15H,6-9,11,13H2,1-5H3,(H,33,40)/t15-/m1/s1. The molecule has 0 saturated carbocycles. The van der Waals surface area contributed by atoms with E-state index in [0.29, 0.717) is 12.1 Å². The summed E-state index contributed by atoms with van der Waals surface area (Å²) in [6.07, 6.45) is -6.72. The first-order chi connectivity index (χ1) is 18.9. The van der Waals surface area contributed by atoms with Gasteiger partial charge in [0, 0.05) is 45.2 Å². The second-order valence-corrected chi connectivity index (χ2v) is 10.6. The average Bonchev–Trinajstić information content (AvgIpc) is 3.24. The van der Waals surface area contributed by atoms with Crippen LogP contribution < -0.4 is 5.32 Å². The maximum atomic E-state index is 14.4. The van der Waals surface area contributed by atoms with Crippen molar-refractivity contribution < 1.29 is 45.5 Å². The van der Waals surface area contributed by atoms with E-state index in [1.807, 2.05) is 0 Å². The van der Waals surface area contributed by atoms with Crippen LogP contribution in [0.3, 0.4) is 0 Å². The number of amides is 3. The predicted molar refractivity (Wildman–Crippen MR) is 133 cm³/mol. The van der Waals surface area contributed by atoms with Crippen molar-refractivity contribution >= 4 is 17.9 Å². The molecule has 1 aromatic carbocycles. The van der Waals surface area contributed by atoms with E-state index in [9.17, 15) is 40.7 Å². The molecule has 1 atom stereocenters. The molecule has 1 aromatic heterocycles. The Labute approximate surface area is 232 Å². The van der Waals surface area contributed by atoms with Gasteiger partial charge in [0.15, 0.2) is 17.3 Å². The van der Waals surface area contributed by atoms with Crippen molar-refractivity contribution in [2.24, 2.45) is 0 Å². The van der Waals surface area contributed by atoms with Crippen molar-refractivity contribution in [3.05, 3.63) is 52.4 Å². The molecule has 2 heterocycles. The van der Waals surface area contributed by atoms with E-state index < -0.39 is 77.5 Å². The van der Waals surface area contributed by atoms with Gasteiger partial charge in [-0.05, 0) is 45.7 Å². The summed E-state index contributed by atoms with van der Waals surface area (Å²) in [6, 6.07) is -0.215. The molecule has 3 amide bonds. The van der Waals surface area contributed by atoms with E-state index in [1.54, 1.807) is 27.7 Å². The molecule has 3 rings (SSSR count). The fraction of sp³-hybridized carbons (Fsp3) is 0.538. The predicted octanol–water partition coefficient (Wildman–Crippen LogP) is 4.28. The summed E-state index contributed by atoms with van der Waals surface area (Å²) >= 11 is 0. The number of rotatable bonds is 7. The van der Waals surface area contributed by atoms with Crippen LogP contribution in [0.1, 0.15) is 61.7 Å². The zero-order valence-electron chi connectivity index (χ0n) is 23.2. The monoisotopic (exact) mass is 591 g/mol. The van der Waals surface area contributed by atoms with Gasteiger partial charge < -0.3 is 24.4 Å². The Morgan fingerprint density at radius 1 is 1.07 bits per heavy atom. The van der Waals surface area contributed by atoms with Gasteiger partial charge in [-0.15, -0.1) is 0 Å². The Hall–Kier alpha value is -3.78. The zero-order valence-corrected chi connectivity index (χ0v) is 23.2. The average molecular weight is 592 g/mol. The highest BCUT2D eigenvalue weighted by Gasteiger charge is 2.42. The van der Waals surface area contributed by atoms with Gasteiger partial charge >= 0.3 is 12.3 Å². The number of nitrogens with one attached hydrogen (secondary N) is 1. The van der Waals surface area contributed by atoms with Crippen LogP contribution >= 0.6 is 0 Å². The van der Waals surface area contributed by atoms with Crippen LogP contribution in [0.5, 0.6) is 0 Å². The van der Waals surface area contributed by atoms with Crippen LogP contribution in [0.2, 0.25) is 0 Å². The van der Waals surface area contributed by atoms with E-state index >= 15 is 0 Å². The number of alkyl halides is 3. The molecule has 9 nitrogen and oxygen atoms in total. The smallest absolute Gasteiger partial charge is 0.444 e. The topological polar surface area (TPSA) is 96.8 Å². The van der Waals surface area contributed by atoms with Gasteiger partial charge in [0.25, 0.3) is 5.91 Å². The first kappa shape index (κ1) is 31.7. The van der Waals surface area contributed by atoms with Gasteiger partial charge in [-0.1, -0.05) is 0 Å². The highest BCUT2D eigenvalue weighted by molar-refractivity contribution is 5.93. The number of imidazole rings is 1. The van der Waals surface area contributed by atoms with Crippen molar-refractivity contribution in [2.75, 3.05) is 20.1 Å². The number of alkyl carbamates (subject to hydrolysis) is 1. The van der Waals surface area contributed by atoms with Crippen molar-refractivity contribution in [3.8, 4) is 0 Å². The minimum atomic E-state index is -4.85. The normalized spacial score (nSPS) is 14.4. The zero-order chi connectivity index (χ0) is 30.9.